The number of carbonyl (C=O) groups excluding carboxylic acids is 1. The second kappa shape index (κ2) is 8.64. The lowest BCUT2D eigenvalue weighted by molar-refractivity contribution is 0.0950. The Bertz CT molecular complexity index is 402. The van der Waals surface area contributed by atoms with Crippen molar-refractivity contribution in [3.63, 3.8) is 0 Å². The van der Waals surface area contributed by atoms with E-state index in [2.05, 4.69) is 10.6 Å². The molecular formula is C12H18Cl2N2OS. The largest absolute Gasteiger partial charge is 0.350 e. The molecule has 1 aromatic rings. The van der Waals surface area contributed by atoms with Crippen LogP contribution in [0.5, 0.6) is 0 Å². The maximum atomic E-state index is 11.9. The molecule has 0 aliphatic rings. The summed E-state index contributed by atoms with van der Waals surface area (Å²) in [6.07, 6.45) is 1.97. The van der Waals surface area contributed by atoms with Crippen LogP contribution in [0.25, 0.3) is 0 Å². The monoisotopic (exact) mass is 308 g/mol. The van der Waals surface area contributed by atoms with Gasteiger partial charge in [0.15, 0.2) is 0 Å². The number of hydrogen-bond acceptors (Lipinski definition) is 3. The van der Waals surface area contributed by atoms with E-state index >= 15 is 0 Å². The van der Waals surface area contributed by atoms with Crippen molar-refractivity contribution in [1.29, 1.82) is 0 Å². The molecule has 0 aliphatic carbocycles. The van der Waals surface area contributed by atoms with Crippen LogP contribution in [-0.4, -0.2) is 31.8 Å². The number of rotatable bonds is 5. The average Bonchev–Trinajstić information content (AvgIpc) is 2.36. The summed E-state index contributed by atoms with van der Waals surface area (Å²) in [6, 6.07) is 5.71. The molecule has 1 aromatic carbocycles. The fraction of sp³-hybridized carbons (Fsp3) is 0.417. The van der Waals surface area contributed by atoms with Crippen LogP contribution in [0.2, 0.25) is 5.02 Å². The molecule has 0 saturated carbocycles. The number of nitrogens with one attached hydrogen (secondary N) is 2. The highest BCUT2D eigenvalue weighted by Gasteiger charge is 2.11. The number of likely N-dealkylation sites (N-methyl/N-ethyl adjacent to an activating group) is 1. The molecule has 1 amide bonds. The molecule has 0 fully saturated rings. The Labute approximate surface area is 123 Å². The van der Waals surface area contributed by atoms with E-state index < -0.39 is 0 Å². The molecule has 1 rings (SSSR count). The highest BCUT2D eigenvalue weighted by molar-refractivity contribution is 7.98. The van der Waals surface area contributed by atoms with Gasteiger partial charge in [0.05, 0.1) is 10.6 Å². The van der Waals surface area contributed by atoms with Crippen molar-refractivity contribution >= 4 is 41.7 Å². The van der Waals surface area contributed by atoms with Crippen LogP contribution in [0.15, 0.2) is 23.1 Å². The minimum atomic E-state index is -0.131. The second-order valence-corrected chi connectivity index (χ2v) is 5.03. The number of hydrogen-bond donors (Lipinski definition) is 2. The minimum Gasteiger partial charge on any atom is -0.350 e. The molecular weight excluding hydrogens is 291 g/mol. The highest BCUT2D eigenvalue weighted by Crippen LogP contribution is 2.22. The first-order valence-corrected chi connectivity index (χ1v) is 6.97. The molecule has 0 radical (unpaired) electrons. The maximum absolute atomic E-state index is 11.9. The lowest BCUT2D eigenvalue weighted by Gasteiger charge is -2.12. The fourth-order valence-electron chi connectivity index (χ4n) is 1.25. The second-order valence-electron chi connectivity index (χ2n) is 3.75. The third kappa shape index (κ3) is 5.06. The normalized spacial score (nSPS) is 11.6. The van der Waals surface area contributed by atoms with Gasteiger partial charge in [-0.3, -0.25) is 4.79 Å². The molecule has 18 heavy (non-hydrogen) atoms. The summed E-state index contributed by atoms with van der Waals surface area (Å²) >= 11 is 7.60. The summed E-state index contributed by atoms with van der Waals surface area (Å²) in [7, 11) is 1.86. The summed E-state index contributed by atoms with van der Waals surface area (Å²) in [5, 5.41) is 6.39. The highest BCUT2D eigenvalue weighted by atomic mass is 35.5. The van der Waals surface area contributed by atoms with Crippen LogP contribution in [0.1, 0.15) is 17.3 Å². The van der Waals surface area contributed by atoms with Crippen molar-refractivity contribution < 1.29 is 4.79 Å². The first-order chi connectivity index (χ1) is 8.08. The van der Waals surface area contributed by atoms with E-state index in [0.29, 0.717) is 17.1 Å². The molecule has 1 unspecified atom stereocenters. The first-order valence-electron chi connectivity index (χ1n) is 5.37. The quantitative estimate of drug-likeness (QED) is 0.822. The Morgan fingerprint density at radius 2 is 2.17 bits per heavy atom. The third-order valence-electron chi connectivity index (χ3n) is 2.48. The Balaban J connectivity index is 0.00000289. The van der Waals surface area contributed by atoms with Gasteiger partial charge in [0.1, 0.15) is 0 Å². The number of carbonyl (C=O) groups is 1. The van der Waals surface area contributed by atoms with Crippen LogP contribution in [0.3, 0.4) is 0 Å². The van der Waals surface area contributed by atoms with Gasteiger partial charge in [-0.05, 0) is 38.4 Å². The van der Waals surface area contributed by atoms with Gasteiger partial charge in [0, 0.05) is 17.5 Å². The molecule has 1 atom stereocenters. The Kier molecular flexibility index (Phi) is 8.44. The summed E-state index contributed by atoms with van der Waals surface area (Å²) in [5.41, 5.74) is 0.529. The van der Waals surface area contributed by atoms with E-state index in [1.54, 1.807) is 17.8 Å². The number of benzene rings is 1. The van der Waals surface area contributed by atoms with Crippen LogP contribution in [-0.2, 0) is 0 Å². The molecule has 3 nitrogen and oxygen atoms in total. The molecule has 102 valence electrons. The molecule has 0 spiro atoms. The predicted octanol–water partition coefficient (Wildman–Crippen LogP) is 2.82. The Morgan fingerprint density at radius 3 is 2.72 bits per heavy atom. The van der Waals surface area contributed by atoms with E-state index in [0.717, 1.165) is 4.90 Å². The first kappa shape index (κ1) is 17.6. The van der Waals surface area contributed by atoms with Crippen molar-refractivity contribution in [2.45, 2.75) is 17.9 Å². The van der Waals surface area contributed by atoms with Gasteiger partial charge < -0.3 is 10.6 Å². The maximum Gasteiger partial charge on any atom is 0.252 e. The molecule has 0 aromatic heterocycles. The zero-order valence-corrected chi connectivity index (χ0v) is 13.0. The van der Waals surface area contributed by atoms with Crippen molar-refractivity contribution in [2.24, 2.45) is 0 Å². The fourth-order valence-corrected chi connectivity index (χ4v) is 1.89. The molecule has 6 heteroatoms. The molecule has 0 aliphatic heterocycles. The molecule has 2 N–H and O–H groups in total. The van der Waals surface area contributed by atoms with Crippen LogP contribution in [0, 0.1) is 0 Å². The lowest BCUT2D eigenvalue weighted by atomic mass is 10.2. The topological polar surface area (TPSA) is 41.1 Å². The van der Waals surface area contributed by atoms with E-state index in [9.17, 15) is 4.79 Å². The van der Waals surface area contributed by atoms with Crippen molar-refractivity contribution in [1.82, 2.24) is 10.6 Å². The molecule has 0 saturated heterocycles. The van der Waals surface area contributed by atoms with E-state index in [1.807, 2.05) is 32.4 Å². The average molecular weight is 309 g/mol. The van der Waals surface area contributed by atoms with E-state index in [-0.39, 0.29) is 24.4 Å². The molecule has 0 bridgehead atoms. The van der Waals surface area contributed by atoms with Crippen molar-refractivity contribution in [2.75, 3.05) is 19.8 Å². The van der Waals surface area contributed by atoms with Crippen LogP contribution >= 0.6 is 35.8 Å². The molecule has 0 heterocycles. The van der Waals surface area contributed by atoms with E-state index in [4.69, 9.17) is 11.6 Å². The SMILES string of the molecule is CNC(C)CNC(=O)c1cc(SC)ccc1Cl.Cl. The summed E-state index contributed by atoms with van der Waals surface area (Å²) in [5.74, 6) is -0.131. The van der Waals surface area contributed by atoms with E-state index in [1.165, 1.54) is 0 Å². The number of thioether (sulfide) groups is 1. The smallest absolute Gasteiger partial charge is 0.252 e. The van der Waals surface area contributed by atoms with Gasteiger partial charge >= 0.3 is 0 Å². The number of amides is 1. The number of halogens is 2. The standard InChI is InChI=1S/C12H17ClN2OS.ClH/c1-8(14-2)7-15-12(16)10-6-9(17-3)4-5-11(10)13;/h4-6,8,14H,7H2,1-3H3,(H,15,16);1H. The third-order valence-corrected chi connectivity index (χ3v) is 3.53. The van der Waals surface area contributed by atoms with Gasteiger partial charge in [-0.2, -0.15) is 0 Å². The van der Waals surface area contributed by atoms with Crippen molar-refractivity contribution in [3.8, 4) is 0 Å². The van der Waals surface area contributed by atoms with Crippen molar-refractivity contribution in [3.05, 3.63) is 28.8 Å². The van der Waals surface area contributed by atoms with Gasteiger partial charge in [-0.15, -0.1) is 24.2 Å². The van der Waals surface area contributed by atoms with Gasteiger partial charge in [0.2, 0.25) is 0 Å². The summed E-state index contributed by atoms with van der Waals surface area (Å²) in [4.78, 5) is 13.0. The Hall–Kier alpha value is -0.420. The zero-order valence-electron chi connectivity index (χ0n) is 10.6. The van der Waals surface area contributed by atoms with Gasteiger partial charge in [-0.25, -0.2) is 0 Å². The summed E-state index contributed by atoms with van der Waals surface area (Å²) in [6.45, 7) is 2.58. The van der Waals surface area contributed by atoms with Crippen LogP contribution in [0.4, 0.5) is 0 Å². The lowest BCUT2D eigenvalue weighted by Crippen LogP contribution is -2.37. The predicted molar refractivity (Wildman–Crippen MR) is 81.3 cm³/mol. The van der Waals surface area contributed by atoms with Crippen LogP contribution < -0.4 is 10.6 Å². The minimum absolute atomic E-state index is 0. The Morgan fingerprint density at radius 1 is 1.50 bits per heavy atom. The van der Waals surface area contributed by atoms with Gasteiger partial charge in [0.25, 0.3) is 5.91 Å². The zero-order chi connectivity index (χ0) is 12.8. The van der Waals surface area contributed by atoms with Gasteiger partial charge in [-0.1, -0.05) is 11.6 Å². The summed E-state index contributed by atoms with van der Waals surface area (Å²) < 4.78 is 0.